The highest BCUT2D eigenvalue weighted by atomic mass is 19.1. The van der Waals surface area contributed by atoms with Crippen LogP contribution in [0, 0.1) is 11.7 Å². The second-order valence-electron chi connectivity index (χ2n) is 7.00. The second kappa shape index (κ2) is 9.41. The average molecular weight is 400 g/mol. The van der Waals surface area contributed by atoms with Gasteiger partial charge in [-0.05, 0) is 30.2 Å². The lowest BCUT2D eigenvalue weighted by molar-refractivity contribution is -0.129. The first-order valence-corrected chi connectivity index (χ1v) is 9.51. The van der Waals surface area contributed by atoms with Crippen molar-refractivity contribution >= 4 is 11.8 Å². The van der Waals surface area contributed by atoms with Gasteiger partial charge in [0, 0.05) is 31.6 Å². The Bertz CT molecular complexity index is 887. The van der Waals surface area contributed by atoms with E-state index in [2.05, 4.69) is 5.32 Å². The summed E-state index contributed by atoms with van der Waals surface area (Å²) in [5, 5.41) is 2.89. The lowest BCUT2D eigenvalue weighted by atomic mass is 10.1. The van der Waals surface area contributed by atoms with Crippen LogP contribution in [0.3, 0.4) is 0 Å². The van der Waals surface area contributed by atoms with Crippen LogP contribution in [-0.2, 0) is 22.6 Å². The summed E-state index contributed by atoms with van der Waals surface area (Å²) in [6, 6.07) is 12.0. The third-order valence-electron chi connectivity index (χ3n) is 5.07. The first-order chi connectivity index (χ1) is 14.0. The molecule has 0 aliphatic carbocycles. The molecule has 0 spiro atoms. The minimum Gasteiger partial charge on any atom is -0.493 e. The van der Waals surface area contributed by atoms with E-state index in [1.165, 1.54) is 11.0 Å². The smallest absolute Gasteiger partial charge is 0.225 e. The number of amides is 2. The monoisotopic (exact) mass is 400 g/mol. The highest BCUT2D eigenvalue weighted by Gasteiger charge is 2.34. The number of ether oxygens (including phenoxy) is 2. The van der Waals surface area contributed by atoms with Crippen LogP contribution in [0.1, 0.15) is 17.5 Å². The van der Waals surface area contributed by atoms with Crippen LogP contribution in [0.2, 0.25) is 0 Å². The first-order valence-electron chi connectivity index (χ1n) is 9.51. The summed E-state index contributed by atoms with van der Waals surface area (Å²) < 4.78 is 24.3. The van der Waals surface area contributed by atoms with Gasteiger partial charge in [0.2, 0.25) is 11.8 Å². The molecule has 29 heavy (non-hydrogen) atoms. The number of rotatable bonds is 8. The highest BCUT2D eigenvalue weighted by molar-refractivity contribution is 5.89. The lowest BCUT2D eigenvalue weighted by Gasteiger charge is -2.17. The molecular weight excluding hydrogens is 375 g/mol. The molecule has 0 bridgehead atoms. The average Bonchev–Trinajstić information content (AvgIpc) is 3.10. The molecule has 1 heterocycles. The van der Waals surface area contributed by atoms with E-state index >= 15 is 0 Å². The number of nitrogens with one attached hydrogen (secondary N) is 1. The number of carbonyl (C=O) groups excluding carboxylic acids is 2. The number of halogens is 1. The number of likely N-dealkylation sites (tertiary alicyclic amines) is 1. The third-order valence-corrected chi connectivity index (χ3v) is 5.07. The number of carbonyl (C=O) groups is 2. The van der Waals surface area contributed by atoms with Crippen molar-refractivity contribution in [2.24, 2.45) is 5.92 Å². The summed E-state index contributed by atoms with van der Waals surface area (Å²) in [5.41, 5.74) is 1.46. The molecule has 1 atom stereocenters. The minimum absolute atomic E-state index is 0.131. The van der Waals surface area contributed by atoms with Gasteiger partial charge in [-0.2, -0.15) is 0 Å². The van der Waals surface area contributed by atoms with Crippen LogP contribution < -0.4 is 14.8 Å². The van der Waals surface area contributed by atoms with Gasteiger partial charge in [-0.3, -0.25) is 9.59 Å². The van der Waals surface area contributed by atoms with Crippen molar-refractivity contribution in [2.45, 2.75) is 19.4 Å². The fourth-order valence-corrected chi connectivity index (χ4v) is 3.44. The van der Waals surface area contributed by atoms with Crippen LogP contribution >= 0.6 is 0 Å². The van der Waals surface area contributed by atoms with Gasteiger partial charge >= 0.3 is 0 Å². The van der Waals surface area contributed by atoms with Gasteiger partial charge in [-0.15, -0.1) is 0 Å². The zero-order valence-corrected chi connectivity index (χ0v) is 16.6. The molecule has 2 amide bonds. The van der Waals surface area contributed by atoms with E-state index in [0.717, 1.165) is 5.56 Å². The Morgan fingerprint density at radius 3 is 2.66 bits per heavy atom. The standard InChI is InChI=1S/C22H25FN2O4/c1-28-19-8-7-15(11-20(19)29-2)9-10-24-22(27)17-12-21(26)25(14-17)13-16-5-3-4-6-18(16)23/h3-8,11,17H,9-10,12-14H2,1-2H3,(H,24,27). The zero-order chi connectivity index (χ0) is 20.8. The van der Waals surface area contributed by atoms with Crippen molar-refractivity contribution in [1.82, 2.24) is 10.2 Å². The van der Waals surface area contributed by atoms with Crippen molar-refractivity contribution in [1.29, 1.82) is 0 Å². The molecule has 7 heteroatoms. The number of methoxy groups -OCH3 is 2. The van der Waals surface area contributed by atoms with E-state index in [1.54, 1.807) is 32.4 Å². The molecule has 2 aromatic rings. The Hall–Kier alpha value is -3.09. The normalized spacial score (nSPS) is 16.0. The van der Waals surface area contributed by atoms with E-state index < -0.39 is 5.92 Å². The summed E-state index contributed by atoms with van der Waals surface area (Å²) in [5.74, 6) is 0.243. The maximum atomic E-state index is 13.8. The van der Waals surface area contributed by atoms with Crippen LogP contribution in [0.25, 0.3) is 0 Å². The van der Waals surface area contributed by atoms with Crippen LogP contribution in [0.15, 0.2) is 42.5 Å². The van der Waals surface area contributed by atoms with Crippen molar-refractivity contribution in [3.8, 4) is 11.5 Å². The Kier molecular flexibility index (Phi) is 6.69. The van der Waals surface area contributed by atoms with Gasteiger partial charge in [0.25, 0.3) is 0 Å². The van der Waals surface area contributed by atoms with E-state index in [4.69, 9.17) is 9.47 Å². The van der Waals surface area contributed by atoms with E-state index in [1.807, 2.05) is 18.2 Å². The maximum Gasteiger partial charge on any atom is 0.225 e. The van der Waals surface area contributed by atoms with Crippen LogP contribution in [-0.4, -0.2) is 44.0 Å². The largest absolute Gasteiger partial charge is 0.493 e. The molecule has 6 nitrogen and oxygen atoms in total. The molecule has 1 fully saturated rings. The first kappa shape index (κ1) is 20.6. The predicted molar refractivity (Wildman–Crippen MR) is 106 cm³/mol. The van der Waals surface area contributed by atoms with Gasteiger partial charge in [0.1, 0.15) is 5.82 Å². The van der Waals surface area contributed by atoms with Crippen LogP contribution in [0.4, 0.5) is 4.39 Å². The van der Waals surface area contributed by atoms with Gasteiger partial charge in [-0.1, -0.05) is 24.3 Å². The Balaban J connectivity index is 1.50. The molecule has 0 radical (unpaired) electrons. The van der Waals surface area contributed by atoms with Gasteiger partial charge in [0.15, 0.2) is 11.5 Å². The molecular formula is C22H25FN2O4. The summed E-state index contributed by atoms with van der Waals surface area (Å²) >= 11 is 0. The minimum atomic E-state index is -0.417. The molecule has 1 aliphatic rings. The van der Waals surface area contributed by atoms with Gasteiger partial charge in [-0.25, -0.2) is 4.39 Å². The summed E-state index contributed by atoms with van der Waals surface area (Å²) in [6.07, 6.45) is 0.780. The van der Waals surface area contributed by atoms with Crippen molar-refractivity contribution in [3.05, 3.63) is 59.4 Å². The van der Waals surface area contributed by atoms with Crippen molar-refractivity contribution in [2.75, 3.05) is 27.3 Å². The topological polar surface area (TPSA) is 67.9 Å². The maximum absolute atomic E-state index is 13.8. The number of hydrogen-bond donors (Lipinski definition) is 1. The summed E-state index contributed by atoms with van der Waals surface area (Å²) in [4.78, 5) is 26.2. The second-order valence-corrected chi connectivity index (χ2v) is 7.00. The van der Waals surface area contributed by atoms with E-state index in [-0.39, 0.29) is 30.6 Å². The Labute approximate surface area is 169 Å². The quantitative estimate of drug-likeness (QED) is 0.740. The number of nitrogens with zero attached hydrogens (tertiary/aromatic N) is 1. The zero-order valence-electron chi connectivity index (χ0n) is 16.6. The number of benzene rings is 2. The van der Waals surface area contributed by atoms with E-state index in [0.29, 0.717) is 36.6 Å². The van der Waals surface area contributed by atoms with Crippen molar-refractivity contribution < 1.29 is 23.5 Å². The lowest BCUT2D eigenvalue weighted by Crippen LogP contribution is -2.34. The molecule has 1 N–H and O–H groups in total. The predicted octanol–water partition coefficient (Wildman–Crippen LogP) is 2.55. The Morgan fingerprint density at radius 1 is 1.17 bits per heavy atom. The highest BCUT2D eigenvalue weighted by Crippen LogP contribution is 2.27. The SMILES string of the molecule is COc1ccc(CCNC(=O)C2CC(=O)N(Cc3ccccc3F)C2)cc1OC. The van der Waals surface area contributed by atoms with E-state index in [9.17, 15) is 14.0 Å². The molecule has 2 aromatic carbocycles. The Morgan fingerprint density at radius 2 is 1.93 bits per heavy atom. The fourth-order valence-electron chi connectivity index (χ4n) is 3.44. The molecule has 1 unspecified atom stereocenters. The molecule has 1 saturated heterocycles. The summed E-state index contributed by atoms with van der Waals surface area (Å²) in [7, 11) is 3.16. The third kappa shape index (κ3) is 5.04. The number of hydrogen-bond acceptors (Lipinski definition) is 4. The molecule has 154 valence electrons. The van der Waals surface area contributed by atoms with Gasteiger partial charge < -0.3 is 19.7 Å². The molecule has 0 saturated carbocycles. The van der Waals surface area contributed by atoms with Crippen molar-refractivity contribution in [3.63, 3.8) is 0 Å². The molecule has 3 rings (SSSR count). The fraction of sp³-hybridized carbons (Fsp3) is 0.364. The summed E-state index contributed by atoms with van der Waals surface area (Å²) in [6.45, 7) is 0.933. The molecule has 1 aliphatic heterocycles. The molecule has 0 aromatic heterocycles. The van der Waals surface area contributed by atoms with Crippen LogP contribution in [0.5, 0.6) is 11.5 Å². The van der Waals surface area contributed by atoms with Gasteiger partial charge in [0.05, 0.1) is 20.1 Å².